The van der Waals surface area contributed by atoms with Crippen LogP contribution in [0.1, 0.15) is 142 Å². The molecule has 11 aliphatic rings. The highest BCUT2D eigenvalue weighted by molar-refractivity contribution is 6.77. The minimum absolute atomic E-state index is 0.221. The Labute approximate surface area is 760 Å². The molecule has 0 radical (unpaired) electrons. The molecule has 31 aromatic carbocycles. The molecule has 4 atom stereocenters. The molecular formula is C126H48O10. The Morgan fingerprint density at radius 2 is 0.294 bits per heavy atom. The zero-order chi connectivity index (χ0) is 87.9. The van der Waals surface area contributed by atoms with Crippen LogP contribution in [-0.2, 0) is 27.1 Å². The molecule has 0 saturated heterocycles. The van der Waals surface area contributed by atoms with Gasteiger partial charge in [0.1, 0.15) is 0 Å². The van der Waals surface area contributed by atoms with E-state index in [1.807, 2.05) is 60.7 Å². The van der Waals surface area contributed by atoms with E-state index in [2.05, 4.69) is 128 Å². The maximum Gasteiger partial charge on any atom is 0.335 e. The van der Waals surface area contributed by atoms with Gasteiger partial charge in [-0.25, -0.2) is 24.0 Å². The second-order valence-corrected chi connectivity index (χ2v) is 42.4. The van der Waals surface area contributed by atoms with Crippen LogP contribution in [0.2, 0.25) is 0 Å². The van der Waals surface area contributed by atoms with Gasteiger partial charge in [0.25, 0.3) is 0 Å². The van der Waals surface area contributed by atoms with Crippen molar-refractivity contribution >= 4 is 245 Å². The minimum Gasteiger partial charge on any atom is -0.478 e. The van der Waals surface area contributed by atoms with Crippen LogP contribution < -0.4 is 0 Å². The van der Waals surface area contributed by atoms with Crippen molar-refractivity contribution in [2.24, 2.45) is 5.41 Å². The number of aromatic carboxylic acids is 5. The monoisotopic (exact) mass is 1720 g/mol. The van der Waals surface area contributed by atoms with Crippen molar-refractivity contribution in [3.8, 4) is 55.6 Å². The molecule has 0 fully saturated rings. The number of carbonyl (C=O) groups is 5. The van der Waals surface area contributed by atoms with Crippen molar-refractivity contribution in [1.29, 1.82) is 0 Å². The molecule has 0 bridgehead atoms. The summed E-state index contributed by atoms with van der Waals surface area (Å²) in [6.07, 6.45) is 0. The Morgan fingerprint density at radius 1 is 0.162 bits per heavy atom. The Kier molecular flexibility index (Phi) is 8.75. The molecule has 0 saturated carbocycles. The average molecular weight is 1720 g/mol. The van der Waals surface area contributed by atoms with E-state index in [0.717, 1.165) is 55.6 Å². The number of rotatable bonds is 15. The molecule has 4 unspecified atom stereocenters. The van der Waals surface area contributed by atoms with Gasteiger partial charge in [0.15, 0.2) is 0 Å². The Hall–Kier alpha value is -17.5. The quantitative estimate of drug-likeness (QED) is 0.0619. The van der Waals surface area contributed by atoms with Crippen LogP contribution >= 0.6 is 0 Å². The van der Waals surface area contributed by atoms with E-state index in [9.17, 15) is 49.5 Å². The maximum absolute atomic E-state index is 12.8. The van der Waals surface area contributed by atoms with Crippen molar-refractivity contribution in [3.05, 3.63) is 376 Å². The summed E-state index contributed by atoms with van der Waals surface area (Å²) in [5.41, 5.74) is 29.2. The fourth-order valence-corrected chi connectivity index (χ4v) is 36.1. The minimum atomic E-state index is -1.13. The summed E-state index contributed by atoms with van der Waals surface area (Å²) < 4.78 is 0. The molecule has 5 N–H and O–H groups in total. The molecule has 11 aliphatic carbocycles. The first-order valence-electron chi connectivity index (χ1n) is 47.1. The van der Waals surface area contributed by atoms with Crippen LogP contribution in [0.5, 0.6) is 0 Å². The van der Waals surface area contributed by atoms with E-state index in [4.69, 9.17) is 0 Å². The van der Waals surface area contributed by atoms with Crippen molar-refractivity contribution in [2.75, 3.05) is 0 Å². The van der Waals surface area contributed by atoms with Gasteiger partial charge in [-0.3, -0.25) is 0 Å². The number of benzene rings is 25. The summed E-state index contributed by atoms with van der Waals surface area (Å²) in [4.78, 5) is 64.1. The summed E-state index contributed by atoms with van der Waals surface area (Å²) in [6.45, 7) is 2.83. The van der Waals surface area contributed by atoms with Crippen LogP contribution in [0.4, 0.5) is 0 Å². The lowest BCUT2D eigenvalue weighted by molar-refractivity contribution is 0.0686. The van der Waals surface area contributed by atoms with Gasteiger partial charge in [-0.1, -0.05) is 189 Å². The van der Waals surface area contributed by atoms with E-state index in [0.29, 0.717) is 0 Å². The van der Waals surface area contributed by atoms with E-state index < -0.39 is 62.3 Å². The number of hydrogen-bond donors (Lipinski definition) is 5. The van der Waals surface area contributed by atoms with Gasteiger partial charge in [-0.05, 0) is 437 Å². The highest BCUT2D eigenvalue weighted by atomic mass is 16.4. The van der Waals surface area contributed by atoms with Crippen LogP contribution in [0, 0.1) is 5.41 Å². The molecular weight excluding hydrogens is 1670 g/mol. The Balaban J connectivity index is 0.796. The third-order valence-corrected chi connectivity index (χ3v) is 39.2. The normalized spacial score (nSPS) is 22.0. The highest BCUT2D eigenvalue weighted by Crippen LogP contribution is 2.95. The highest BCUT2D eigenvalue weighted by Gasteiger charge is 2.86. The molecule has 10 heteroatoms. The third-order valence-electron chi connectivity index (χ3n) is 39.2. The van der Waals surface area contributed by atoms with Gasteiger partial charge in [0, 0.05) is 5.41 Å². The van der Waals surface area contributed by atoms with Crippen molar-refractivity contribution < 1.29 is 49.5 Å². The standard InChI is InChI=1S/C126H48O10/c1-121-114-112-113-115(121)125(60-38-28-50(29-39-60)45-8-18-55(19-9-45)119(133)134)107-97-87-77-69-64-62-63-65-66(64)71-79(77)89-91-81(71)80-70(65)78-76-68(63)74-72-67(62)73-75(69)85(87)95-93-83(73)82(72)92-94-84(74)86(76)96-98-88(78)90(80)100-101(91)111(109(125)99(89)97)126(121,61-40-30-51(31-41-61)46-10-20-56(21-11-46)120(135)136)110(100)108(98)124(114,59-36-26-49(27-37-59)44-6-16-54(17-7-44)118(131)132)106(96)104(94)122(112,57-32-22-47(23-33-57)42-2-12-52(13-3-42)116(127)128)102(92)103(93)123(113,105(95)107)58-34-24-48(25-35-58)43-4-14-53(15-5-43)117(129)130/h2-41H,1H3,(H,127,128)(H,129,130)(H,131,132)(H,133,134)(H,135,136). The lowest BCUT2D eigenvalue weighted by Crippen LogP contribution is -2.62. The van der Waals surface area contributed by atoms with Gasteiger partial charge in [-0.15, -0.1) is 0 Å². The zero-order valence-corrected chi connectivity index (χ0v) is 70.9. The van der Waals surface area contributed by atoms with Crippen molar-refractivity contribution in [2.45, 2.75) is 34.0 Å². The van der Waals surface area contributed by atoms with Crippen LogP contribution in [0.25, 0.3) is 271 Å². The second-order valence-electron chi connectivity index (χ2n) is 42.4. The fourth-order valence-electron chi connectivity index (χ4n) is 36.1. The van der Waals surface area contributed by atoms with Crippen LogP contribution in [0.3, 0.4) is 0 Å². The molecule has 136 heavy (non-hydrogen) atoms. The van der Waals surface area contributed by atoms with Gasteiger partial charge in [-0.2, -0.15) is 0 Å². The summed E-state index contributed by atoms with van der Waals surface area (Å²) in [5.74, 6) is -4.90. The average Bonchev–Trinajstić information content (AvgIpc) is 1.36. The summed E-state index contributed by atoms with van der Waals surface area (Å²) >= 11 is 0. The topological polar surface area (TPSA) is 186 Å². The van der Waals surface area contributed by atoms with Crippen molar-refractivity contribution in [3.63, 3.8) is 0 Å². The molecule has 0 heterocycles. The van der Waals surface area contributed by atoms with Gasteiger partial charge in [0.05, 0.1) is 54.9 Å². The van der Waals surface area contributed by atoms with Crippen LogP contribution in [0.15, 0.2) is 265 Å². The summed E-state index contributed by atoms with van der Waals surface area (Å²) in [5, 5.41) is 109. The second kappa shape index (κ2) is 18.3. The number of hydrogen-bond acceptors (Lipinski definition) is 5. The maximum atomic E-state index is 12.8. The Bertz CT molecular complexity index is 11000. The zero-order valence-electron chi connectivity index (χ0n) is 70.9. The number of carboxylic acids is 5. The first-order chi connectivity index (χ1) is 66.6. The fraction of sp³-hybridized carbons (Fsp3) is 0.0556. The van der Waals surface area contributed by atoms with Crippen molar-refractivity contribution in [1.82, 2.24) is 0 Å². The first-order valence-corrected chi connectivity index (χ1v) is 47.1. The number of carboxylic acid groups (broad SMARTS) is 5. The number of allylic oxidation sites excluding steroid dienone is 4. The van der Waals surface area contributed by atoms with Gasteiger partial charge in [0.2, 0.25) is 0 Å². The predicted molar refractivity (Wildman–Crippen MR) is 534 cm³/mol. The first kappa shape index (κ1) is 65.1. The molecule has 0 amide bonds. The SMILES string of the molecule is CC12C3=C4C5=C1C1(c6ccc(-c7ccc(C(=O)O)cc7)cc6)c6c7c8c9c(c%10c%11c%12c(c%13c%14c%15c(c%16c%17c%18c(c1c1c6c6c8c8c%19c9c%11c9c%11c%12c%14c%12c%14c%15c%17c%15c%17c%18c1c1c6c8c6c(c9%19)c(c%11%12)c(c%14%15)c6c1%17)C%162c1ccc(-c2ccc(C(=O)O)cc2)cc1)C3%13c1ccc(-c2ccc(C(=O)O)cc2)cc1)C4%10c1ccc(-c2ccc(C(=O)O)cc2)cc1)C57c1ccc(-c2ccc(C(=O)O)cc2)cc1. The summed E-state index contributed by atoms with van der Waals surface area (Å²) in [6, 6.07) is 85.7. The smallest absolute Gasteiger partial charge is 0.335 e. The summed E-state index contributed by atoms with van der Waals surface area (Å²) in [7, 11) is 0. The molecule has 42 rings (SSSR count). The molecule has 0 aromatic heterocycles. The van der Waals surface area contributed by atoms with Gasteiger partial charge < -0.3 is 25.5 Å². The molecule has 0 aliphatic heterocycles. The predicted octanol–water partition coefficient (Wildman–Crippen LogP) is 28.4. The molecule has 31 aromatic rings. The molecule has 10 nitrogen and oxygen atoms in total. The largest absolute Gasteiger partial charge is 0.478 e. The van der Waals surface area contributed by atoms with E-state index in [1.54, 1.807) is 60.7 Å². The molecule has 612 valence electrons. The lowest BCUT2D eigenvalue weighted by atomic mass is 9.34. The Morgan fingerprint density at radius 3 is 0.471 bits per heavy atom. The van der Waals surface area contributed by atoms with Gasteiger partial charge >= 0.3 is 29.8 Å². The molecule has 0 spiro atoms. The third kappa shape index (κ3) is 5.15. The van der Waals surface area contributed by atoms with E-state index >= 15 is 0 Å². The van der Waals surface area contributed by atoms with E-state index in [-0.39, 0.29) is 27.8 Å². The van der Waals surface area contributed by atoms with E-state index in [1.165, 1.54) is 321 Å². The lowest BCUT2D eigenvalue weighted by Gasteiger charge is -2.66. The van der Waals surface area contributed by atoms with Crippen LogP contribution in [-0.4, -0.2) is 55.4 Å².